The highest BCUT2D eigenvalue weighted by atomic mass is 14.9. The van der Waals surface area contributed by atoms with E-state index in [9.17, 15) is 0 Å². The molecule has 15 heavy (non-hydrogen) atoms. The Morgan fingerprint density at radius 1 is 1.20 bits per heavy atom. The first-order chi connectivity index (χ1) is 7.36. The van der Waals surface area contributed by atoms with Gasteiger partial charge < -0.3 is 5.32 Å². The molecule has 1 atom stereocenters. The van der Waals surface area contributed by atoms with Crippen LogP contribution in [0.2, 0.25) is 0 Å². The SMILES string of the molecule is Cc1c([C@H]2CCCN2)ccc2c1CCC2. The molecule has 0 amide bonds. The van der Waals surface area contributed by atoms with Crippen LogP contribution in [0, 0.1) is 6.92 Å². The van der Waals surface area contributed by atoms with Crippen LogP contribution >= 0.6 is 0 Å². The van der Waals surface area contributed by atoms with Gasteiger partial charge in [-0.05, 0) is 67.8 Å². The number of benzene rings is 1. The van der Waals surface area contributed by atoms with E-state index in [1.807, 2.05) is 0 Å². The molecule has 3 rings (SSSR count). The molecule has 0 bridgehead atoms. The minimum atomic E-state index is 0.635. The van der Waals surface area contributed by atoms with Gasteiger partial charge in [-0.15, -0.1) is 0 Å². The lowest BCUT2D eigenvalue weighted by molar-refractivity contribution is 0.642. The second-order valence-electron chi connectivity index (χ2n) is 4.92. The number of fused-ring (bicyclic) bond motifs is 1. The lowest BCUT2D eigenvalue weighted by atomic mass is 9.93. The van der Waals surface area contributed by atoms with E-state index in [2.05, 4.69) is 24.4 Å². The van der Waals surface area contributed by atoms with Gasteiger partial charge in [-0.3, -0.25) is 0 Å². The number of nitrogens with one attached hydrogen (secondary N) is 1. The van der Waals surface area contributed by atoms with E-state index in [0.29, 0.717) is 6.04 Å². The summed E-state index contributed by atoms with van der Waals surface area (Å²) in [6, 6.07) is 5.36. The van der Waals surface area contributed by atoms with E-state index in [1.165, 1.54) is 38.6 Å². The predicted octanol–water partition coefficient (Wildman–Crippen LogP) is 2.91. The molecule has 1 heteroatoms. The van der Waals surface area contributed by atoms with Gasteiger partial charge in [0.05, 0.1) is 0 Å². The summed E-state index contributed by atoms with van der Waals surface area (Å²) >= 11 is 0. The average molecular weight is 201 g/mol. The summed E-state index contributed by atoms with van der Waals surface area (Å²) in [6.07, 6.45) is 6.62. The smallest absolute Gasteiger partial charge is 0.0323 e. The summed E-state index contributed by atoms with van der Waals surface area (Å²) in [4.78, 5) is 0. The molecule has 1 heterocycles. The summed E-state index contributed by atoms with van der Waals surface area (Å²) in [5, 5.41) is 3.60. The monoisotopic (exact) mass is 201 g/mol. The van der Waals surface area contributed by atoms with Crippen molar-refractivity contribution in [1.82, 2.24) is 5.32 Å². The van der Waals surface area contributed by atoms with Gasteiger partial charge in [-0.2, -0.15) is 0 Å². The maximum absolute atomic E-state index is 3.60. The van der Waals surface area contributed by atoms with Crippen molar-refractivity contribution in [3.05, 3.63) is 34.4 Å². The van der Waals surface area contributed by atoms with Gasteiger partial charge >= 0.3 is 0 Å². The van der Waals surface area contributed by atoms with Gasteiger partial charge in [0, 0.05) is 6.04 Å². The first kappa shape index (κ1) is 9.41. The Morgan fingerprint density at radius 3 is 2.93 bits per heavy atom. The van der Waals surface area contributed by atoms with E-state index in [0.717, 1.165) is 0 Å². The fourth-order valence-electron chi connectivity index (χ4n) is 3.20. The highest BCUT2D eigenvalue weighted by Crippen LogP contribution is 2.32. The molecule has 1 aliphatic carbocycles. The lowest BCUT2D eigenvalue weighted by Gasteiger charge is -2.16. The first-order valence-corrected chi connectivity index (χ1v) is 6.21. The quantitative estimate of drug-likeness (QED) is 0.736. The fourth-order valence-corrected chi connectivity index (χ4v) is 3.20. The third-order valence-electron chi connectivity index (χ3n) is 4.05. The van der Waals surface area contributed by atoms with Crippen LogP contribution in [0.25, 0.3) is 0 Å². The van der Waals surface area contributed by atoms with E-state index in [4.69, 9.17) is 0 Å². The summed E-state index contributed by atoms with van der Waals surface area (Å²) in [6.45, 7) is 3.51. The molecule has 1 saturated heterocycles. The van der Waals surface area contributed by atoms with Crippen molar-refractivity contribution < 1.29 is 0 Å². The highest BCUT2D eigenvalue weighted by molar-refractivity contribution is 5.44. The van der Waals surface area contributed by atoms with E-state index in [1.54, 1.807) is 22.3 Å². The zero-order chi connectivity index (χ0) is 10.3. The molecule has 0 radical (unpaired) electrons. The molecule has 0 unspecified atom stereocenters. The molecule has 0 saturated carbocycles. The van der Waals surface area contributed by atoms with E-state index < -0.39 is 0 Å². The van der Waals surface area contributed by atoms with Crippen LogP contribution in [-0.2, 0) is 12.8 Å². The molecule has 1 aromatic carbocycles. The molecule has 80 valence electrons. The number of aryl methyl sites for hydroxylation is 1. The lowest BCUT2D eigenvalue weighted by Crippen LogP contribution is -2.14. The van der Waals surface area contributed by atoms with Gasteiger partial charge in [-0.25, -0.2) is 0 Å². The zero-order valence-corrected chi connectivity index (χ0v) is 9.47. The normalized spacial score (nSPS) is 24.5. The zero-order valence-electron chi connectivity index (χ0n) is 9.47. The molecular formula is C14H19N. The molecule has 1 aromatic rings. The standard InChI is InChI=1S/C14H19N/c1-10-12-5-2-4-11(12)7-8-13(10)14-6-3-9-15-14/h7-8,14-15H,2-6,9H2,1H3/t14-/m1/s1. The second kappa shape index (κ2) is 3.64. The molecule has 1 fully saturated rings. The Bertz CT molecular complexity index is 375. The maximum Gasteiger partial charge on any atom is 0.0323 e. The van der Waals surface area contributed by atoms with Crippen molar-refractivity contribution in [1.29, 1.82) is 0 Å². The minimum absolute atomic E-state index is 0.635. The molecule has 1 aliphatic heterocycles. The van der Waals surface area contributed by atoms with Gasteiger partial charge in [0.25, 0.3) is 0 Å². The Balaban J connectivity index is 2.01. The van der Waals surface area contributed by atoms with E-state index >= 15 is 0 Å². The maximum atomic E-state index is 3.60. The van der Waals surface area contributed by atoms with Gasteiger partial charge in [0.15, 0.2) is 0 Å². The van der Waals surface area contributed by atoms with Crippen molar-refractivity contribution in [2.45, 2.75) is 45.1 Å². The number of hydrogen-bond donors (Lipinski definition) is 1. The van der Waals surface area contributed by atoms with Crippen molar-refractivity contribution in [3.8, 4) is 0 Å². The van der Waals surface area contributed by atoms with Crippen LogP contribution in [0.15, 0.2) is 12.1 Å². The average Bonchev–Trinajstić information content (AvgIpc) is 2.87. The third-order valence-corrected chi connectivity index (χ3v) is 4.05. The molecule has 1 N–H and O–H groups in total. The first-order valence-electron chi connectivity index (χ1n) is 6.21. The van der Waals surface area contributed by atoms with Crippen molar-refractivity contribution >= 4 is 0 Å². The predicted molar refractivity (Wildman–Crippen MR) is 63.2 cm³/mol. The Labute approximate surface area is 91.9 Å². The van der Waals surface area contributed by atoms with Crippen LogP contribution in [0.3, 0.4) is 0 Å². The highest BCUT2D eigenvalue weighted by Gasteiger charge is 2.21. The Kier molecular flexibility index (Phi) is 2.28. The molecule has 0 spiro atoms. The summed E-state index contributed by atoms with van der Waals surface area (Å²) in [5.41, 5.74) is 6.40. The van der Waals surface area contributed by atoms with E-state index in [-0.39, 0.29) is 0 Å². The number of hydrogen-bond acceptors (Lipinski definition) is 1. The second-order valence-corrected chi connectivity index (χ2v) is 4.92. The molecule has 0 aromatic heterocycles. The molecule has 2 aliphatic rings. The van der Waals surface area contributed by atoms with Crippen molar-refractivity contribution in [2.24, 2.45) is 0 Å². The fraction of sp³-hybridized carbons (Fsp3) is 0.571. The third kappa shape index (κ3) is 1.50. The number of rotatable bonds is 1. The van der Waals surface area contributed by atoms with Crippen LogP contribution in [0.4, 0.5) is 0 Å². The Hall–Kier alpha value is -0.820. The summed E-state index contributed by atoms with van der Waals surface area (Å²) in [5.74, 6) is 0. The van der Waals surface area contributed by atoms with Crippen molar-refractivity contribution in [3.63, 3.8) is 0 Å². The van der Waals surface area contributed by atoms with Crippen LogP contribution in [-0.4, -0.2) is 6.54 Å². The Morgan fingerprint density at radius 2 is 2.13 bits per heavy atom. The summed E-state index contributed by atoms with van der Waals surface area (Å²) in [7, 11) is 0. The summed E-state index contributed by atoms with van der Waals surface area (Å²) < 4.78 is 0. The van der Waals surface area contributed by atoms with Crippen LogP contribution in [0.5, 0.6) is 0 Å². The molecule has 1 nitrogen and oxygen atoms in total. The van der Waals surface area contributed by atoms with Crippen LogP contribution < -0.4 is 5.32 Å². The van der Waals surface area contributed by atoms with Gasteiger partial charge in [0.2, 0.25) is 0 Å². The minimum Gasteiger partial charge on any atom is -0.310 e. The molecular weight excluding hydrogens is 182 g/mol. The van der Waals surface area contributed by atoms with Gasteiger partial charge in [0.1, 0.15) is 0 Å². The largest absolute Gasteiger partial charge is 0.310 e. The van der Waals surface area contributed by atoms with Crippen molar-refractivity contribution in [2.75, 3.05) is 6.54 Å². The topological polar surface area (TPSA) is 12.0 Å². The van der Waals surface area contributed by atoms with Gasteiger partial charge in [-0.1, -0.05) is 12.1 Å². The van der Waals surface area contributed by atoms with Crippen LogP contribution in [0.1, 0.15) is 47.6 Å².